The van der Waals surface area contributed by atoms with Crippen molar-refractivity contribution in [3.63, 3.8) is 0 Å². The normalized spacial score (nSPS) is 19.0. The van der Waals surface area contributed by atoms with Gasteiger partial charge in [0, 0.05) is 19.0 Å². The molecule has 2 aromatic rings. The van der Waals surface area contributed by atoms with Crippen molar-refractivity contribution in [2.45, 2.75) is 31.8 Å². The lowest BCUT2D eigenvalue weighted by molar-refractivity contribution is 0.454. The van der Waals surface area contributed by atoms with Crippen LogP contribution in [0.25, 0.3) is 0 Å². The molecule has 3 heteroatoms. The Hall–Kier alpha value is -1.61. The minimum Gasteiger partial charge on any atom is -0.330 e. The van der Waals surface area contributed by atoms with Gasteiger partial charge in [-0.25, -0.2) is 4.98 Å². The number of hydrogen-bond donors (Lipinski definition) is 1. The zero-order valence-corrected chi connectivity index (χ0v) is 9.84. The van der Waals surface area contributed by atoms with Gasteiger partial charge in [0.25, 0.3) is 0 Å². The highest BCUT2D eigenvalue weighted by atomic mass is 15.1. The maximum atomic E-state index is 6.09. The van der Waals surface area contributed by atoms with E-state index in [-0.39, 0.29) is 6.04 Å². The SMILES string of the molecule is NC1CCCn2c1cnc2Cc1ccccc1. The van der Waals surface area contributed by atoms with Crippen molar-refractivity contribution in [3.8, 4) is 0 Å². The topological polar surface area (TPSA) is 43.8 Å². The number of fused-ring (bicyclic) bond motifs is 1. The van der Waals surface area contributed by atoms with Gasteiger partial charge < -0.3 is 10.3 Å². The first-order valence-electron chi connectivity index (χ1n) is 6.18. The van der Waals surface area contributed by atoms with E-state index in [9.17, 15) is 0 Å². The Kier molecular flexibility index (Phi) is 2.69. The van der Waals surface area contributed by atoms with E-state index >= 15 is 0 Å². The van der Waals surface area contributed by atoms with Gasteiger partial charge in [0.05, 0.1) is 11.9 Å². The van der Waals surface area contributed by atoms with Gasteiger partial charge in [0.15, 0.2) is 0 Å². The van der Waals surface area contributed by atoms with E-state index in [0.717, 1.165) is 31.6 Å². The van der Waals surface area contributed by atoms with Crippen LogP contribution in [0.5, 0.6) is 0 Å². The Morgan fingerprint density at radius 2 is 2.12 bits per heavy atom. The van der Waals surface area contributed by atoms with Gasteiger partial charge >= 0.3 is 0 Å². The number of aromatic nitrogens is 2. The van der Waals surface area contributed by atoms with Crippen molar-refractivity contribution >= 4 is 0 Å². The van der Waals surface area contributed by atoms with Crippen molar-refractivity contribution in [2.24, 2.45) is 5.73 Å². The number of hydrogen-bond acceptors (Lipinski definition) is 2. The Balaban J connectivity index is 1.90. The maximum absolute atomic E-state index is 6.09. The molecule has 1 atom stereocenters. The largest absolute Gasteiger partial charge is 0.330 e. The summed E-state index contributed by atoms with van der Waals surface area (Å²) in [6.45, 7) is 1.06. The first kappa shape index (κ1) is 10.5. The number of rotatable bonds is 2. The van der Waals surface area contributed by atoms with Crippen LogP contribution in [-0.4, -0.2) is 9.55 Å². The van der Waals surface area contributed by atoms with Crippen LogP contribution >= 0.6 is 0 Å². The second kappa shape index (κ2) is 4.34. The summed E-state index contributed by atoms with van der Waals surface area (Å²) in [5.41, 5.74) is 8.59. The summed E-state index contributed by atoms with van der Waals surface area (Å²) in [4.78, 5) is 4.53. The Bertz CT molecular complexity index is 501. The van der Waals surface area contributed by atoms with Crippen molar-refractivity contribution in [1.29, 1.82) is 0 Å². The highest BCUT2D eigenvalue weighted by molar-refractivity contribution is 5.21. The third-order valence-electron chi connectivity index (χ3n) is 3.45. The number of nitrogens with two attached hydrogens (primary N) is 1. The molecule has 3 rings (SSSR count). The predicted molar refractivity (Wildman–Crippen MR) is 67.6 cm³/mol. The summed E-state index contributed by atoms with van der Waals surface area (Å²) in [6, 6.07) is 10.6. The molecule has 0 radical (unpaired) electrons. The molecule has 0 bridgehead atoms. The lowest BCUT2D eigenvalue weighted by atomic mass is 10.1. The molecule has 1 unspecified atom stereocenters. The van der Waals surface area contributed by atoms with E-state index in [4.69, 9.17) is 5.73 Å². The molecule has 1 aromatic carbocycles. The fourth-order valence-corrected chi connectivity index (χ4v) is 2.52. The summed E-state index contributed by atoms with van der Waals surface area (Å²) < 4.78 is 2.29. The molecule has 0 saturated carbocycles. The lowest BCUT2D eigenvalue weighted by Crippen LogP contribution is -2.22. The van der Waals surface area contributed by atoms with E-state index in [1.807, 2.05) is 12.3 Å². The molecule has 3 nitrogen and oxygen atoms in total. The number of imidazole rings is 1. The van der Waals surface area contributed by atoms with Crippen molar-refractivity contribution in [1.82, 2.24) is 9.55 Å². The molecule has 17 heavy (non-hydrogen) atoms. The maximum Gasteiger partial charge on any atom is 0.113 e. The van der Waals surface area contributed by atoms with Gasteiger partial charge in [-0.3, -0.25) is 0 Å². The second-order valence-electron chi connectivity index (χ2n) is 4.66. The molecule has 1 aromatic heterocycles. The Labute approximate surface area is 101 Å². The fourth-order valence-electron chi connectivity index (χ4n) is 2.52. The van der Waals surface area contributed by atoms with Crippen LogP contribution in [0.15, 0.2) is 36.5 Å². The zero-order valence-electron chi connectivity index (χ0n) is 9.84. The number of nitrogens with zero attached hydrogens (tertiary/aromatic N) is 2. The summed E-state index contributed by atoms with van der Waals surface area (Å²) in [5.74, 6) is 1.14. The number of benzene rings is 1. The van der Waals surface area contributed by atoms with E-state index in [2.05, 4.69) is 33.8 Å². The summed E-state index contributed by atoms with van der Waals surface area (Å²) in [6.07, 6.45) is 5.08. The predicted octanol–water partition coefficient (Wildman–Crippen LogP) is 2.27. The molecular formula is C14H17N3. The van der Waals surface area contributed by atoms with E-state index in [1.165, 1.54) is 11.3 Å². The smallest absolute Gasteiger partial charge is 0.113 e. The summed E-state index contributed by atoms with van der Waals surface area (Å²) in [5, 5.41) is 0. The summed E-state index contributed by atoms with van der Waals surface area (Å²) >= 11 is 0. The fraction of sp³-hybridized carbons (Fsp3) is 0.357. The van der Waals surface area contributed by atoms with E-state index in [0.29, 0.717) is 0 Å². The molecule has 2 N–H and O–H groups in total. The van der Waals surface area contributed by atoms with Crippen LogP contribution in [-0.2, 0) is 13.0 Å². The lowest BCUT2D eigenvalue weighted by Gasteiger charge is -2.22. The van der Waals surface area contributed by atoms with Crippen LogP contribution in [0, 0.1) is 0 Å². The van der Waals surface area contributed by atoms with Crippen LogP contribution < -0.4 is 5.73 Å². The van der Waals surface area contributed by atoms with Gasteiger partial charge in [0.2, 0.25) is 0 Å². The van der Waals surface area contributed by atoms with Crippen LogP contribution in [0.4, 0.5) is 0 Å². The van der Waals surface area contributed by atoms with Crippen molar-refractivity contribution < 1.29 is 0 Å². The van der Waals surface area contributed by atoms with Gasteiger partial charge in [-0.15, -0.1) is 0 Å². The second-order valence-corrected chi connectivity index (χ2v) is 4.66. The molecule has 0 spiro atoms. The minimum atomic E-state index is 0.167. The molecule has 0 aliphatic carbocycles. The van der Waals surface area contributed by atoms with Gasteiger partial charge in [0.1, 0.15) is 5.82 Å². The summed E-state index contributed by atoms with van der Waals surface area (Å²) in [7, 11) is 0. The average Bonchev–Trinajstić information content (AvgIpc) is 2.76. The van der Waals surface area contributed by atoms with Gasteiger partial charge in [-0.05, 0) is 18.4 Å². The molecule has 0 saturated heterocycles. The molecule has 0 fully saturated rings. The van der Waals surface area contributed by atoms with Crippen LogP contribution in [0.3, 0.4) is 0 Å². The molecule has 2 heterocycles. The molecule has 0 amide bonds. The highest BCUT2D eigenvalue weighted by Gasteiger charge is 2.19. The monoisotopic (exact) mass is 227 g/mol. The van der Waals surface area contributed by atoms with Crippen molar-refractivity contribution in [3.05, 3.63) is 53.6 Å². The van der Waals surface area contributed by atoms with E-state index < -0.39 is 0 Å². The highest BCUT2D eigenvalue weighted by Crippen LogP contribution is 2.24. The minimum absolute atomic E-state index is 0.167. The van der Waals surface area contributed by atoms with Crippen LogP contribution in [0.2, 0.25) is 0 Å². The molecule has 1 aliphatic rings. The van der Waals surface area contributed by atoms with Gasteiger partial charge in [-0.2, -0.15) is 0 Å². The molecule has 88 valence electrons. The first-order chi connectivity index (χ1) is 8.34. The zero-order chi connectivity index (χ0) is 11.7. The third kappa shape index (κ3) is 1.98. The molecular weight excluding hydrogens is 210 g/mol. The van der Waals surface area contributed by atoms with Crippen molar-refractivity contribution in [2.75, 3.05) is 0 Å². The quantitative estimate of drug-likeness (QED) is 0.855. The average molecular weight is 227 g/mol. The van der Waals surface area contributed by atoms with Gasteiger partial charge in [-0.1, -0.05) is 30.3 Å². The third-order valence-corrected chi connectivity index (χ3v) is 3.45. The Morgan fingerprint density at radius 1 is 1.29 bits per heavy atom. The molecule has 1 aliphatic heterocycles. The first-order valence-corrected chi connectivity index (χ1v) is 6.18. The standard InChI is InChI=1S/C14H17N3/c15-12-7-4-8-17-13(12)10-16-14(17)9-11-5-2-1-3-6-11/h1-3,5-6,10,12H,4,7-9,15H2. The Morgan fingerprint density at radius 3 is 2.94 bits per heavy atom. The van der Waals surface area contributed by atoms with E-state index in [1.54, 1.807) is 0 Å². The van der Waals surface area contributed by atoms with Crippen LogP contribution in [0.1, 0.15) is 36.0 Å².